The quantitative estimate of drug-likeness (QED) is 0.0254. The fourth-order valence-corrected chi connectivity index (χ4v) is 10.0. The van der Waals surface area contributed by atoms with Crippen LogP contribution in [-0.2, 0) is 37.2 Å². The molecule has 0 rings (SSSR count). The van der Waals surface area contributed by atoms with Gasteiger partial charge in [-0.1, -0.05) is 214 Å². The van der Waals surface area contributed by atoms with E-state index in [-0.39, 0.29) is 45.2 Å². The van der Waals surface area contributed by atoms with Crippen molar-refractivity contribution in [1.29, 1.82) is 5.26 Å². The summed E-state index contributed by atoms with van der Waals surface area (Å²) < 4.78 is 43.5. The van der Waals surface area contributed by atoms with E-state index in [0.717, 1.165) is 81.9 Å². The van der Waals surface area contributed by atoms with Gasteiger partial charge in [-0.15, -0.1) is 0 Å². The van der Waals surface area contributed by atoms with Gasteiger partial charge in [0.2, 0.25) is 0 Å². The van der Waals surface area contributed by atoms with Crippen molar-refractivity contribution in [1.82, 2.24) is 0 Å². The molecular formula is C53H104N2O8P+. The predicted octanol–water partition coefficient (Wildman–Crippen LogP) is 16.1. The monoisotopic (exact) mass is 928 g/mol. The minimum absolute atomic E-state index is 0.0206. The lowest BCUT2D eigenvalue weighted by Crippen LogP contribution is -2.51. The number of ether oxygens (including phenoxy) is 2. The Kier molecular flexibility index (Phi) is 45.5. The van der Waals surface area contributed by atoms with Gasteiger partial charge < -0.3 is 14.0 Å². The molecule has 0 aromatic heterocycles. The molecule has 0 aromatic carbocycles. The van der Waals surface area contributed by atoms with E-state index in [1.54, 1.807) is 0 Å². The highest BCUT2D eigenvalue weighted by atomic mass is 31.2. The highest BCUT2D eigenvalue weighted by Gasteiger charge is 2.32. The smallest absolute Gasteiger partial charge is 0.462 e. The molecule has 0 amide bonds. The van der Waals surface area contributed by atoms with Gasteiger partial charge in [0.05, 0.1) is 45.3 Å². The third-order valence-corrected chi connectivity index (χ3v) is 14.0. The molecule has 10 nitrogen and oxygen atoms in total. The number of carbonyl (C=O) groups is 2. The summed E-state index contributed by atoms with van der Waals surface area (Å²) in [7, 11) is -4.13. The summed E-state index contributed by atoms with van der Waals surface area (Å²) in [6, 6.07) is 2.01. The first-order valence-corrected chi connectivity index (χ1v) is 28.8. The van der Waals surface area contributed by atoms with Gasteiger partial charge in [0, 0.05) is 12.8 Å². The molecule has 0 saturated heterocycles. The Morgan fingerprint density at radius 2 is 0.812 bits per heavy atom. The third-order valence-electron chi connectivity index (χ3n) is 12.5. The largest absolute Gasteiger partial charge is 0.475 e. The van der Waals surface area contributed by atoms with Gasteiger partial charge in [0.1, 0.15) is 19.8 Å². The Morgan fingerprint density at radius 1 is 0.453 bits per heavy atom. The van der Waals surface area contributed by atoms with Crippen LogP contribution < -0.4 is 0 Å². The minimum Gasteiger partial charge on any atom is -0.462 e. The van der Waals surface area contributed by atoms with Crippen LogP contribution in [-0.4, -0.2) is 75.1 Å². The van der Waals surface area contributed by atoms with Crippen LogP contribution in [0, 0.1) is 11.3 Å². The van der Waals surface area contributed by atoms with Crippen molar-refractivity contribution >= 4 is 19.8 Å². The molecule has 0 bridgehead atoms. The maximum Gasteiger partial charge on any atom is 0.475 e. The van der Waals surface area contributed by atoms with E-state index in [9.17, 15) is 14.2 Å². The molecule has 64 heavy (non-hydrogen) atoms. The van der Waals surface area contributed by atoms with E-state index >= 15 is 0 Å². The molecule has 0 aromatic rings. The number of carbonyl (C=O) groups excluding carboxylic acids is 2. The lowest BCUT2D eigenvalue weighted by atomic mass is 10.0. The van der Waals surface area contributed by atoms with Crippen molar-refractivity contribution in [3.63, 3.8) is 0 Å². The summed E-state index contributed by atoms with van der Waals surface area (Å²) in [5.74, 6) is -0.747. The molecule has 11 heteroatoms. The molecule has 0 aliphatic heterocycles. The summed E-state index contributed by atoms with van der Waals surface area (Å²) in [5, 5.41) is 9.14. The molecular weight excluding hydrogens is 824 g/mol. The molecule has 0 N–H and O–H groups in total. The Balaban J connectivity index is 5.00. The Labute approximate surface area is 396 Å². The fraction of sp³-hybridized carbons (Fsp3) is 0.943. The summed E-state index contributed by atoms with van der Waals surface area (Å²) >= 11 is 0. The standard InChI is InChI=1S/C53H104N2O8P/c1-6-11-13-15-17-19-21-23-25-27-29-31-33-35-37-40-52(56)59-49-51(63-53(57)41-38-36-34-32-30-28-26-24-22-20-18-16-14-12-7-2)50-62-64(58,60-47-39-42-54)61-48-46-55(43-8-3,44-9-4)45-10-5/h51H,6-41,43-50H2,1-5H3/q+1. The SMILES string of the molecule is CCCCCCCCCCCCCCCCCC(=O)OCC(COP(=O)(OCCC#N)OCC[N+](CCC)(CCC)CCC)OC(=O)CCCCCCCCCCCCCCCCC. The Morgan fingerprint density at radius 3 is 1.19 bits per heavy atom. The molecule has 0 saturated carbocycles. The topological polar surface area (TPSA) is 121 Å². The van der Waals surface area contributed by atoms with Crippen LogP contribution in [0.3, 0.4) is 0 Å². The maximum atomic E-state index is 13.9. The molecule has 0 radical (unpaired) electrons. The van der Waals surface area contributed by atoms with Crippen LogP contribution in [0.5, 0.6) is 0 Å². The number of phosphoric acid groups is 1. The highest BCUT2D eigenvalue weighted by molar-refractivity contribution is 7.48. The highest BCUT2D eigenvalue weighted by Crippen LogP contribution is 2.49. The van der Waals surface area contributed by atoms with Crippen LogP contribution in [0.2, 0.25) is 0 Å². The predicted molar refractivity (Wildman–Crippen MR) is 266 cm³/mol. The zero-order valence-electron chi connectivity index (χ0n) is 42.8. The summed E-state index contributed by atoms with van der Waals surface area (Å²) in [5.41, 5.74) is 0. The van der Waals surface area contributed by atoms with Crippen molar-refractivity contribution in [3.8, 4) is 6.07 Å². The van der Waals surface area contributed by atoms with Crippen LogP contribution >= 0.6 is 7.82 Å². The molecule has 0 heterocycles. The number of hydrogen-bond donors (Lipinski definition) is 0. The minimum atomic E-state index is -4.13. The first kappa shape index (κ1) is 62.5. The van der Waals surface area contributed by atoms with Gasteiger partial charge in [0.25, 0.3) is 0 Å². The van der Waals surface area contributed by atoms with E-state index < -0.39 is 19.9 Å². The molecule has 0 fully saturated rings. The lowest BCUT2D eigenvalue weighted by Gasteiger charge is -2.38. The number of nitrogens with zero attached hydrogens (tertiary/aromatic N) is 2. The third kappa shape index (κ3) is 39.6. The second-order valence-corrected chi connectivity index (χ2v) is 20.4. The van der Waals surface area contributed by atoms with E-state index in [2.05, 4.69) is 34.6 Å². The van der Waals surface area contributed by atoms with Gasteiger partial charge in [0.15, 0.2) is 6.10 Å². The Hall–Kier alpha value is -1.50. The van der Waals surface area contributed by atoms with Crippen LogP contribution in [0.1, 0.15) is 266 Å². The zero-order chi connectivity index (χ0) is 47.1. The number of nitriles is 1. The van der Waals surface area contributed by atoms with E-state index in [1.165, 1.54) is 154 Å². The second-order valence-electron chi connectivity index (χ2n) is 18.7. The number of rotatable bonds is 51. The van der Waals surface area contributed by atoms with Gasteiger partial charge in [-0.2, -0.15) is 5.26 Å². The van der Waals surface area contributed by atoms with Crippen LogP contribution in [0.15, 0.2) is 0 Å². The van der Waals surface area contributed by atoms with Crippen molar-refractivity contribution in [2.45, 2.75) is 272 Å². The Bertz CT molecular complexity index is 1120. The molecule has 2 atom stereocenters. The van der Waals surface area contributed by atoms with Crippen LogP contribution in [0.25, 0.3) is 0 Å². The maximum absolute atomic E-state index is 13.9. The van der Waals surface area contributed by atoms with E-state index in [4.69, 9.17) is 28.3 Å². The molecule has 0 aliphatic rings. The molecule has 0 aliphatic carbocycles. The zero-order valence-corrected chi connectivity index (χ0v) is 43.7. The van der Waals surface area contributed by atoms with Gasteiger partial charge in [-0.25, -0.2) is 4.57 Å². The number of unbranched alkanes of at least 4 members (excludes halogenated alkanes) is 28. The van der Waals surface area contributed by atoms with E-state index in [0.29, 0.717) is 13.0 Å². The first-order valence-electron chi connectivity index (χ1n) is 27.3. The van der Waals surface area contributed by atoms with Crippen molar-refractivity contribution in [2.75, 3.05) is 52.6 Å². The van der Waals surface area contributed by atoms with Gasteiger partial charge in [-0.05, 0) is 32.1 Å². The van der Waals surface area contributed by atoms with Crippen molar-refractivity contribution < 1.29 is 41.7 Å². The number of quaternary nitrogens is 1. The summed E-state index contributed by atoms with van der Waals surface area (Å²) in [4.78, 5) is 25.9. The van der Waals surface area contributed by atoms with Crippen molar-refractivity contribution in [2.24, 2.45) is 0 Å². The molecule has 0 spiro atoms. The number of hydrogen-bond acceptors (Lipinski definition) is 9. The van der Waals surface area contributed by atoms with Crippen molar-refractivity contribution in [3.05, 3.63) is 0 Å². The summed E-state index contributed by atoms with van der Waals surface area (Å²) in [6.07, 6.45) is 40.1. The fourth-order valence-electron chi connectivity index (χ4n) is 8.83. The molecule has 378 valence electrons. The number of phosphoric ester groups is 1. The number of esters is 2. The normalized spacial score (nSPS) is 13.1. The van der Waals surface area contributed by atoms with Gasteiger partial charge >= 0.3 is 19.8 Å². The summed E-state index contributed by atoms with van der Waals surface area (Å²) in [6.45, 7) is 14.2. The average Bonchev–Trinajstić information content (AvgIpc) is 3.27. The van der Waals surface area contributed by atoms with Gasteiger partial charge in [-0.3, -0.25) is 23.2 Å². The van der Waals surface area contributed by atoms with Crippen LogP contribution in [0.4, 0.5) is 0 Å². The first-order chi connectivity index (χ1) is 31.2. The average molecular weight is 928 g/mol. The molecule has 2 unspecified atom stereocenters. The lowest BCUT2D eigenvalue weighted by molar-refractivity contribution is -0.928. The second kappa shape index (κ2) is 46.6. The van der Waals surface area contributed by atoms with E-state index in [1.807, 2.05) is 6.07 Å².